The van der Waals surface area contributed by atoms with Crippen LogP contribution in [0.15, 0.2) is 48.7 Å². The van der Waals surface area contributed by atoms with Crippen molar-refractivity contribution in [3.63, 3.8) is 0 Å². The molecule has 0 unspecified atom stereocenters. The number of aliphatic hydroxyl groups excluding tert-OH is 1. The fraction of sp³-hybridized carbons (Fsp3) is 0.346. The van der Waals surface area contributed by atoms with Gasteiger partial charge in [0.05, 0.1) is 12.2 Å². The van der Waals surface area contributed by atoms with E-state index in [0.29, 0.717) is 19.6 Å². The molecule has 5 N–H and O–H groups in total. The minimum atomic E-state index is -0.716. The number of nitrogens with one attached hydrogen (secondary N) is 2. The van der Waals surface area contributed by atoms with Crippen LogP contribution in [-0.2, 0) is 0 Å². The summed E-state index contributed by atoms with van der Waals surface area (Å²) in [6.07, 6.45) is 4.44. The van der Waals surface area contributed by atoms with Gasteiger partial charge in [0, 0.05) is 43.5 Å². The molecule has 0 radical (unpaired) electrons. The van der Waals surface area contributed by atoms with E-state index >= 15 is 0 Å². The van der Waals surface area contributed by atoms with Crippen molar-refractivity contribution in [2.24, 2.45) is 0 Å². The highest BCUT2D eigenvalue weighted by Crippen LogP contribution is 2.30. The third kappa shape index (κ3) is 7.29. The van der Waals surface area contributed by atoms with E-state index in [0.717, 1.165) is 18.9 Å². The summed E-state index contributed by atoms with van der Waals surface area (Å²) in [5.41, 5.74) is 0.390. The lowest BCUT2D eigenvalue weighted by Gasteiger charge is -2.16. The quantitative estimate of drug-likeness (QED) is 0.291. The number of amides is 2. The average molecular weight is 500 g/mol. The van der Waals surface area contributed by atoms with Crippen LogP contribution in [0.4, 0.5) is 4.39 Å². The molecule has 1 atom stereocenters. The van der Waals surface area contributed by atoms with Gasteiger partial charge in [-0.3, -0.25) is 10.2 Å². The molecule has 9 nitrogen and oxygen atoms in total. The van der Waals surface area contributed by atoms with Crippen molar-refractivity contribution < 1.29 is 34.0 Å². The van der Waals surface area contributed by atoms with E-state index in [1.807, 2.05) is 6.92 Å². The molecule has 1 heterocycles. The number of ether oxygens (including phenoxy) is 2. The van der Waals surface area contributed by atoms with Gasteiger partial charge in [-0.15, -0.1) is 0 Å². The number of halogens is 1. The van der Waals surface area contributed by atoms with Gasteiger partial charge in [-0.05, 0) is 57.0 Å². The van der Waals surface area contributed by atoms with E-state index in [1.54, 1.807) is 18.0 Å². The number of carbonyl (C=O) groups excluding carboxylic acids is 2. The molecular weight excluding hydrogens is 467 g/mol. The molecule has 0 aliphatic carbocycles. The van der Waals surface area contributed by atoms with Crippen molar-refractivity contribution in [1.82, 2.24) is 15.5 Å². The number of aliphatic hydroxyl groups is 1. The van der Waals surface area contributed by atoms with Crippen molar-refractivity contribution in [3.8, 4) is 17.2 Å². The van der Waals surface area contributed by atoms with E-state index in [1.165, 1.54) is 36.4 Å². The maximum absolute atomic E-state index is 14.9. The molecule has 36 heavy (non-hydrogen) atoms. The maximum atomic E-state index is 14.9. The molecule has 2 amide bonds. The smallest absolute Gasteiger partial charge is 0.339 e. The van der Waals surface area contributed by atoms with Gasteiger partial charge in [-0.25, -0.2) is 14.5 Å². The van der Waals surface area contributed by atoms with Gasteiger partial charge in [-0.1, -0.05) is 0 Å². The molecule has 0 aromatic heterocycles. The van der Waals surface area contributed by atoms with Gasteiger partial charge in [0.15, 0.2) is 11.6 Å². The van der Waals surface area contributed by atoms with Crippen LogP contribution in [0.1, 0.15) is 47.4 Å². The second-order valence-corrected chi connectivity index (χ2v) is 8.35. The zero-order valence-corrected chi connectivity index (χ0v) is 20.4. The summed E-state index contributed by atoms with van der Waals surface area (Å²) in [5.74, 6) is -1.11. The van der Waals surface area contributed by atoms with E-state index in [9.17, 15) is 19.1 Å². The predicted molar refractivity (Wildman–Crippen MR) is 132 cm³/mol. The first-order valence-corrected chi connectivity index (χ1v) is 11.8. The highest BCUT2D eigenvalue weighted by Gasteiger charge is 2.21. The molecule has 2 aromatic rings. The van der Waals surface area contributed by atoms with Crippen molar-refractivity contribution in [2.45, 2.75) is 32.8 Å². The summed E-state index contributed by atoms with van der Waals surface area (Å²) < 4.78 is 26.2. The predicted octanol–water partition coefficient (Wildman–Crippen LogP) is 1.62. The number of nitrogens with zero attached hydrogens (tertiary/aromatic N) is 1. The van der Waals surface area contributed by atoms with E-state index in [4.69, 9.17) is 14.9 Å². The summed E-state index contributed by atoms with van der Waals surface area (Å²) in [6.45, 7) is 5.35. The number of hydrogen-bond donors (Lipinski definition) is 4. The SMILES string of the molecule is CCN/C=C\C(=[NH2+])NC(=O)c1cc(Oc2ccc(C(=O)N3CCCC3)cc2F)cc(O[C@@H](C)CO)c1. The Labute approximate surface area is 209 Å². The number of rotatable bonds is 10. The fourth-order valence-electron chi connectivity index (χ4n) is 3.56. The normalized spacial score (nSPS) is 13.9. The first kappa shape index (κ1) is 26.7. The van der Waals surface area contributed by atoms with Crippen molar-refractivity contribution in [3.05, 3.63) is 65.6 Å². The molecule has 0 bridgehead atoms. The second-order valence-electron chi connectivity index (χ2n) is 8.35. The standard InChI is InChI=1S/C26H31FN4O5/c1-3-29-9-8-24(28)30-25(33)19-12-20(35-17(2)16-32)15-21(13-19)36-23-7-6-18(14-22(23)27)26(34)31-10-4-5-11-31/h6-9,12-15,17,29,32H,3-5,10-11,16H2,1-2H3,(H2,28,30,33)/p+1/b9-8-/t17-/m0/s1. The summed E-state index contributed by atoms with van der Waals surface area (Å²) in [4.78, 5) is 27.0. The van der Waals surface area contributed by atoms with Crippen molar-refractivity contribution in [2.75, 3.05) is 26.2 Å². The second kappa shape index (κ2) is 12.7. The minimum absolute atomic E-state index is 0.114. The monoisotopic (exact) mass is 499 g/mol. The Morgan fingerprint density at radius 3 is 2.56 bits per heavy atom. The Morgan fingerprint density at radius 2 is 1.89 bits per heavy atom. The third-order valence-corrected chi connectivity index (χ3v) is 5.38. The van der Waals surface area contributed by atoms with Crippen molar-refractivity contribution in [1.29, 1.82) is 0 Å². The molecule has 192 valence electrons. The Balaban J connectivity index is 1.82. The molecule has 1 saturated heterocycles. The summed E-state index contributed by atoms with van der Waals surface area (Å²) >= 11 is 0. The number of hydrogen-bond acceptors (Lipinski definition) is 6. The van der Waals surface area contributed by atoms with Gasteiger partial charge in [0.1, 0.15) is 17.6 Å². The summed E-state index contributed by atoms with van der Waals surface area (Å²) in [6, 6.07) is 8.38. The number of benzene rings is 2. The molecule has 10 heteroatoms. The zero-order chi connectivity index (χ0) is 26.1. The van der Waals surface area contributed by atoms with Crippen LogP contribution >= 0.6 is 0 Å². The molecular formula is C26H32FN4O5+. The number of carbonyl (C=O) groups is 2. The molecule has 1 fully saturated rings. The van der Waals surface area contributed by atoms with Crippen LogP contribution in [0.3, 0.4) is 0 Å². The largest absolute Gasteiger partial charge is 0.488 e. The highest BCUT2D eigenvalue weighted by molar-refractivity contribution is 6.08. The van der Waals surface area contributed by atoms with Gasteiger partial charge < -0.3 is 24.8 Å². The minimum Gasteiger partial charge on any atom is -0.488 e. The first-order valence-electron chi connectivity index (χ1n) is 11.8. The van der Waals surface area contributed by atoms with Crippen molar-refractivity contribution >= 4 is 17.6 Å². The lowest BCUT2D eigenvalue weighted by Crippen LogP contribution is -2.49. The molecule has 1 aliphatic rings. The Bertz CT molecular complexity index is 1130. The Kier molecular flexibility index (Phi) is 9.40. The first-order chi connectivity index (χ1) is 17.3. The molecule has 0 spiro atoms. The molecule has 0 saturated carbocycles. The molecule has 2 aromatic carbocycles. The van der Waals surface area contributed by atoms with Crippen LogP contribution in [0, 0.1) is 5.82 Å². The number of nitrogens with two attached hydrogens (primary N) is 1. The number of amidine groups is 1. The van der Waals surface area contributed by atoms with Crippen LogP contribution < -0.4 is 25.5 Å². The molecule has 3 rings (SSSR count). The number of likely N-dealkylation sites (tertiary alicyclic amines) is 1. The van der Waals surface area contributed by atoms with Crippen LogP contribution in [0.5, 0.6) is 17.2 Å². The highest BCUT2D eigenvalue weighted by atomic mass is 19.1. The summed E-state index contributed by atoms with van der Waals surface area (Å²) in [5, 5.41) is 20.7. The zero-order valence-electron chi connectivity index (χ0n) is 20.4. The van der Waals surface area contributed by atoms with E-state index in [2.05, 4.69) is 10.6 Å². The van der Waals surface area contributed by atoms with Gasteiger partial charge in [0.25, 0.3) is 11.7 Å². The average Bonchev–Trinajstić information content (AvgIpc) is 3.40. The maximum Gasteiger partial charge on any atom is 0.339 e. The van der Waals surface area contributed by atoms with Crippen LogP contribution in [0.25, 0.3) is 0 Å². The Morgan fingerprint density at radius 1 is 1.17 bits per heavy atom. The Hall–Kier alpha value is -3.92. The summed E-state index contributed by atoms with van der Waals surface area (Å²) in [7, 11) is 0. The van der Waals surface area contributed by atoms with E-state index in [-0.39, 0.29) is 46.7 Å². The lowest BCUT2D eigenvalue weighted by molar-refractivity contribution is -0.115. The molecule has 1 aliphatic heterocycles. The topological polar surface area (TPSA) is 126 Å². The van der Waals surface area contributed by atoms with Gasteiger partial charge in [-0.2, -0.15) is 0 Å². The third-order valence-electron chi connectivity index (χ3n) is 5.38. The van der Waals surface area contributed by atoms with E-state index < -0.39 is 17.8 Å². The lowest BCUT2D eigenvalue weighted by atomic mass is 10.1. The van der Waals surface area contributed by atoms with Crippen LogP contribution in [0.2, 0.25) is 0 Å². The van der Waals surface area contributed by atoms with Crippen LogP contribution in [-0.4, -0.2) is 60.0 Å². The fourth-order valence-corrected chi connectivity index (χ4v) is 3.56. The van der Waals surface area contributed by atoms with Gasteiger partial charge in [0.2, 0.25) is 0 Å². The van der Waals surface area contributed by atoms with Gasteiger partial charge >= 0.3 is 5.91 Å².